The average molecular weight is 331 g/mol. The van der Waals surface area contributed by atoms with Crippen molar-refractivity contribution in [3.8, 4) is 0 Å². The standard InChI is InChI=1S/C13H18INO/c1-10-5-6-12(9-11(10)2)13(16)15-8-4-3-7-14/h5-6,9H,3-4,7-8H2,1-2H3,(H,15,16). The van der Waals surface area contributed by atoms with E-state index in [0.717, 1.165) is 29.4 Å². The molecule has 3 heteroatoms. The van der Waals surface area contributed by atoms with Crippen LogP contribution < -0.4 is 5.32 Å². The van der Waals surface area contributed by atoms with Gasteiger partial charge >= 0.3 is 0 Å². The molecule has 1 aromatic rings. The van der Waals surface area contributed by atoms with E-state index in [1.165, 1.54) is 11.1 Å². The maximum Gasteiger partial charge on any atom is 0.251 e. The third-order valence-electron chi connectivity index (χ3n) is 2.62. The van der Waals surface area contributed by atoms with Crippen LogP contribution in [0.1, 0.15) is 34.3 Å². The van der Waals surface area contributed by atoms with Gasteiger partial charge in [0.15, 0.2) is 0 Å². The Morgan fingerprint density at radius 3 is 2.62 bits per heavy atom. The summed E-state index contributed by atoms with van der Waals surface area (Å²) < 4.78 is 1.15. The first-order chi connectivity index (χ1) is 7.65. The van der Waals surface area contributed by atoms with Crippen LogP contribution in [0.4, 0.5) is 0 Å². The van der Waals surface area contributed by atoms with Crippen LogP contribution in [0.5, 0.6) is 0 Å². The molecular formula is C13H18INO. The van der Waals surface area contributed by atoms with E-state index in [1.54, 1.807) is 0 Å². The monoisotopic (exact) mass is 331 g/mol. The summed E-state index contributed by atoms with van der Waals surface area (Å²) in [7, 11) is 0. The molecule has 0 unspecified atom stereocenters. The summed E-state index contributed by atoms with van der Waals surface area (Å²) in [6, 6.07) is 5.83. The van der Waals surface area contributed by atoms with E-state index in [2.05, 4.69) is 34.8 Å². The van der Waals surface area contributed by atoms with Gasteiger partial charge in [0, 0.05) is 12.1 Å². The van der Waals surface area contributed by atoms with Gasteiger partial charge in [-0.1, -0.05) is 28.7 Å². The van der Waals surface area contributed by atoms with Gasteiger partial charge in [0.1, 0.15) is 0 Å². The van der Waals surface area contributed by atoms with E-state index in [4.69, 9.17) is 0 Å². The van der Waals surface area contributed by atoms with Crippen molar-refractivity contribution in [2.45, 2.75) is 26.7 Å². The van der Waals surface area contributed by atoms with E-state index in [0.29, 0.717) is 0 Å². The summed E-state index contributed by atoms with van der Waals surface area (Å²) in [6.07, 6.45) is 2.22. The lowest BCUT2D eigenvalue weighted by atomic mass is 10.1. The summed E-state index contributed by atoms with van der Waals surface area (Å²) in [5.41, 5.74) is 3.15. The first-order valence-corrected chi connectivity index (χ1v) is 7.09. The molecule has 0 aliphatic carbocycles. The number of carbonyl (C=O) groups is 1. The number of hydrogen-bond acceptors (Lipinski definition) is 1. The number of amides is 1. The van der Waals surface area contributed by atoms with Crippen molar-refractivity contribution in [3.05, 3.63) is 34.9 Å². The molecule has 1 amide bonds. The molecule has 1 N–H and O–H groups in total. The van der Waals surface area contributed by atoms with Crippen LogP contribution in [-0.2, 0) is 0 Å². The molecule has 0 atom stereocenters. The summed E-state index contributed by atoms with van der Waals surface area (Å²) in [4.78, 5) is 11.8. The number of hydrogen-bond donors (Lipinski definition) is 1. The van der Waals surface area contributed by atoms with Crippen molar-refractivity contribution < 1.29 is 4.79 Å². The number of halogens is 1. The zero-order valence-corrected chi connectivity index (χ0v) is 12.0. The van der Waals surface area contributed by atoms with Gasteiger partial charge in [-0.3, -0.25) is 4.79 Å². The second kappa shape index (κ2) is 6.89. The number of aryl methyl sites for hydroxylation is 2. The zero-order chi connectivity index (χ0) is 12.0. The average Bonchev–Trinajstić information content (AvgIpc) is 2.28. The first kappa shape index (κ1) is 13.5. The van der Waals surface area contributed by atoms with Gasteiger partial charge in [0.25, 0.3) is 5.91 Å². The Kier molecular flexibility index (Phi) is 5.80. The van der Waals surface area contributed by atoms with Crippen molar-refractivity contribution in [3.63, 3.8) is 0 Å². The van der Waals surface area contributed by atoms with Crippen molar-refractivity contribution in [2.24, 2.45) is 0 Å². The Balaban J connectivity index is 2.50. The number of benzene rings is 1. The van der Waals surface area contributed by atoms with Gasteiger partial charge in [0.2, 0.25) is 0 Å². The topological polar surface area (TPSA) is 29.1 Å². The van der Waals surface area contributed by atoms with E-state index >= 15 is 0 Å². The quantitative estimate of drug-likeness (QED) is 0.501. The molecule has 0 saturated carbocycles. The molecule has 0 radical (unpaired) electrons. The van der Waals surface area contributed by atoms with Gasteiger partial charge in [-0.05, 0) is 54.4 Å². The molecular weight excluding hydrogens is 313 g/mol. The minimum absolute atomic E-state index is 0.0385. The number of carbonyl (C=O) groups excluding carboxylic acids is 1. The molecule has 2 nitrogen and oxygen atoms in total. The van der Waals surface area contributed by atoms with E-state index in [1.807, 2.05) is 25.1 Å². The minimum Gasteiger partial charge on any atom is -0.352 e. The second-order valence-electron chi connectivity index (χ2n) is 3.95. The highest BCUT2D eigenvalue weighted by Gasteiger charge is 2.05. The van der Waals surface area contributed by atoms with Crippen molar-refractivity contribution in [2.75, 3.05) is 11.0 Å². The predicted octanol–water partition coefficient (Wildman–Crippen LogP) is 3.25. The van der Waals surface area contributed by atoms with Gasteiger partial charge in [0.05, 0.1) is 0 Å². The van der Waals surface area contributed by atoms with Crippen LogP contribution >= 0.6 is 22.6 Å². The molecule has 0 aliphatic heterocycles. The predicted molar refractivity (Wildman–Crippen MR) is 76.4 cm³/mol. The largest absolute Gasteiger partial charge is 0.352 e. The lowest BCUT2D eigenvalue weighted by Crippen LogP contribution is -2.24. The highest BCUT2D eigenvalue weighted by atomic mass is 127. The highest BCUT2D eigenvalue weighted by Crippen LogP contribution is 2.09. The fraction of sp³-hybridized carbons (Fsp3) is 0.462. The molecule has 0 aromatic heterocycles. The van der Waals surface area contributed by atoms with Crippen molar-refractivity contribution >= 4 is 28.5 Å². The molecule has 0 bridgehead atoms. The molecule has 88 valence electrons. The third kappa shape index (κ3) is 4.12. The van der Waals surface area contributed by atoms with E-state index < -0.39 is 0 Å². The van der Waals surface area contributed by atoms with Gasteiger partial charge < -0.3 is 5.32 Å². The fourth-order valence-corrected chi connectivity index (χ4v) is 1.95. The molecule has 1 aromatic carbocycles. The summed E-state index contributed by atoms with van der Waals surface area (Å²) >= 11 is 2.35. The van der Waals surface area contributed by atoms with Crippen LogP contribution in [0.2, 0.25) is 0 Å². The third-order valence-corrected chi connectivity index (χ3v) is 3.38. The lowest BCUT2D eigenvalue weighted by molar-refractivity contribution is 0.0953. The van der Waals surface area contributed by atoms with Crippen LogP contribution in [0.25, 0.3) is 0 Å². The van der Waals surface area contributed by atoms with Crippen LogP contribution in [0.15, 0.2) is 18.2 Å². The molecule has 16 heavy (non-hydrogen) atoms. The molecule has 1 rings (SSSR count). The molecule has 0 saturated heterocycles. The number of rotatable bonds is 5. The Hall–Kier alpha value is -0.580. The number of unbranched alkanes of at least 4 members (excludes halogenated alkanes) is 1. The smallest absolute Gasteiger partial charge is 0.251 e. The van der Waals surface area contributed by atoms with Gasteiger partial charge in [-0.25, -0.2) is 0 Å². The SMILES string of the molecule is Cc1ccc(C(=O)NCCCCI)cc1C. The summed E-state index contributed by atoms with van der Waals surface area (Å²) in [6.45, 7) is 4.86. The molecule has 0 aliphatic rings. The minimum atomic E-state index is 0.0385. The molecule has 0 fully saturated rings. The second-order valence-corrected chi connectivity index (χ2v) is 5.03. The lowest BCUT2D eigenvalue weighted by Gasteiger charge is -2.06. The fourth-order valence-electron chi connectivity index (χ4n) is 1.41. The van der Waals surface area contributed by atoms with Gasteiger partial charge in [-0.2, -0.15) is 0 Å². The van der Waals surface area contributed by atoms with Gasteiger partial charge in [-0.15, -0.1) is 0 Å². The Bertz CT molecular complexity index is 363. The molecule has 0 spiro atoms. The summed E-state index contributed by atoms with van der Waals surface area (Å²) in [5.74, 6) is 0.0385. The normalized spacial score (nSPS) is 10.2. The number of alkyl halides is 1. The van der Waals surface area contributed by atoms with E-state index in [9.17, 15) is 4.79 Å². The van der Waals surface area contributed by atoms with Crippen LogP contribution in [0, 0.1) is 13.8 Å². The summed E-state index contributed by atoms with van der Waals surface area (Å²) in [5, 5.41) is 2.94. The highest BCUT2D eigenvalue weighted by molar-refractivity contribution is 14.1. The maximum absolute atomic E-state index is 11.8. The maximum atomic E-state index is 11.8. The first-order valence-electron chi connectivity index (χ1n) is 5.56. The number of nitrogens with one attached hydrogen (secondary N) is 1. The zero-order valence-electron chi connectivity index (χ0n) is 9.85. The van der Waals surface area contributed by atoms with E-state index in [-0.39, 0.29) is 5.91 Å². The Morgan fingerprint density at radius 1 is 1.25 bits per heavy atom. The Labute approximate surface area is 111 Å². The van der Waals surface area contributed by atoms with Crippen LogP contribution in [0.3, 0.4) is 0 Å². The Morgan fingerprint density at radius 2 is 2.00 bits per heavy atom. The van der Waals surface area contributed by atoms with Crippen molar-refractivity contribution in [1.82, 2.24) is 5.32 Å². The van der Waals surface area contributed by atoms with Crippen molar-refractivity contribution in [1.29, 1.82) is 0 Å². The van der Waals surface area contributed by atoms with Crippen LogP contribution in [-0.4, -0.2) is 16.9 Å². The molecule has 0 heterocycles.